The summed E-state index contributed by atoms with van der Waals surface area (Å²) in [5.74, 6) is 0. The molecular weight excluding hydrogens is 358 g/mol. The monoisotopic (exact) mass is 383 g/mol. The molecule has 0 aliphatic carbocycles. The van der Waals surface area contributed by atoms with Gasteiger partial charge in [-0.15, -0.1) is 6.58 Å². The lowest BCUT2D eigenvalue weighted by Gasteiger charge is -2.29. The topological polar surface area (TPSA) is 93.0 Å². The molecule has 26 heavy (non-hydrogen) atoms. The first-order valence-electron chi connectivity index (χ1n) is 8.61. The highest BCUT2D eigenvalue weighted by atomic mass is 32.2. The van der Waals surface area contributed by atoms with Crippen molar-refractivity contribution in [1.82, 2.24) is 9.21 Å². The molecule has 0 saturated carbocycles. The van der Waals surface area contributed by atoms with Crippen LogP contribution in [0.2, 0.25) is 0 Å². The Kier molecular flexibility index (Phi) is 7.70. The maximum Gasteiger partial charge on any atom is 0.289 e. The first kappa shape index (κ1) is 20.5. The van der Waals surface area contributed by atoms with Gasteiger partial charge in [-0.05, 0) is 18.9 Å². The summed E-state index contributed by atoms with van der Waals surface area (Å²) in [5.41, 5.74) is -0.396. The lowest BCUT2D eigenvalue weighted by molar-refractivity contribution is -0.387. The van der Waals surface area contributed by atoms with Crippen molar-refractivity contribution in [2.75, 3.05) is 45.9 Å². The SMILES string of the molecule is C=CCCCN(CCN1CCOCC1)S(=O)(=O)c1ccccc1[N+](=O)[O-]. The summed E-state index contributed by atoms with van der Waals surface area (Å²) >= 11 is 0. The number of allylic oxidation sites excluding steroid dienone is 1. The molecule has 0 aromatic heterocycles. The molecule has 2 rings (SSSR count). The highest BCUT2D eigenvalue weighted by molar-refractivity contribution is 7.89. The number of hydrogen-bond acceptors (Lipinski definition) is 6. The Bertz CT molecular complexity index is 717. The number of rotatable bonds is 10. The lowest BCUT2D eigenvalue weighted by Crippen LogP contribution is -2.43. The van der Waals surface area contributed by atoms with Gasteiger partial charge in [0, 0.05) is 38.8 Å². The average Bonchev–Trinajstić information content (AvgIpc) is 2.65. The number of sulfonamides is 1. The molecule has 1 aromatic carbocycles. The van der Waals surface area contributed by atoms with Crippen molar-refractivity contribution in [3.63, 3.8) is 0 Å². The maximum absolute atomic E-state index is 13.1. The van der Waals surface area contributed by atoms with Crippen LogP contribution in [0.3, 0.4) is 0 Å². The van der Waals surface area contributed by atoms with E-state index in [2.05, 4.69) is 11.5 Å². The van der Waals surface area contributed by atoms with Crippen molar-refractivity contribution >= 4 is 15.7 Å². The molecule has 144 valence electrons. The van der Waals surface area contributed by atoms with E-state index in [4.69, 9.17) is 4.74 Å². The highest BCUT2D eigenvalue weighted by Gasteiger charge is 2.31. The Hall–Kier alpha value is -1.81. The molecule has 1 aliphatic rings. The molecule has 1 saturated heterocycles. The molecule has 1 fully saturated rings. The van der Waals surface area contributed by atoms with Gasteiger partial charge in [-0.25, -0.2) is 8.42 Å². The van der Waals surface area contributed by atoms with Crippen LogP contribution in [-0.2, 0) is 14.8 Å². The third-order valence-corrected chi connectivity index (χ3v) is 6.21. The molecule has 0 spiro atoms. The molecule has 0 atom stereocenters. The normalized spacial score (nSPS) is 15.9. The average molecular weight is 383 g/mol. The van der Waals surface area contributed by atoms with Gasteiger partial charge in [0.1, 0.15) is 0 Å². The molecule has 1 aromatic rings. The van der Waals surface area contributed by atoms with Crippen LogP contribution in [0.25, 0.3) is 0 Å². The number of nitrogens with zero attached hydrogens (tertiary/aromatic N) is 3. The molecule has 0 amide bonds. The third kappa shape index (κ3) is 5.34. The molecule has 1 heterocycles. The molecule has 8 nitrogen and oxygen atoms in total. The molecular formula is C17H25N3O5S. The minimum Gasteiger partial charge on any atom is -0.379 e. The zero-order valence-electron chi connectivity index (χ0n) is 14.7. The number of para-hydroxylation sites is 1. The number of nitro groups is 1. The van der Waals surface area contributed by atoms with Crippen LogP contribution < -0.4 is 0 Å². The standard InChI is InChI=1S/C17H25N3O5S/c1-2-3-6-9-19(11-10-18-12-14-25-15-13-18)26(23,24)17-8-5-4-7-16(17)20(21)22/h2,4-5,7-8H,1,3,6,9-15H2. The van der Waals surface area contributed by atoms with E-state index in [0.717, 1.165) is 13.1 Å². The van der Waals surface area contributed by atoms with Crippen molar-refractivity contribution in [3.05, 3.63) is 47.0 Å². The van der Waals surface area contributed by atoms with Gasteiger partial charge < -0.3 is 4.74 Å². The van der Waals surface area contributed by atoms with E-state index in [9.17, 15) is 18.5 Å². The fourth-order valence-electron chi connectivity index (χ4n) is 2.81. The van der Waals surface area contributed by atoms with Crippen molar-refractivity contribution in [1.29, 1.82) is 0 Å². The Morgan fingerprint density at radius 3 is 2.62 bits per heavy atom. The van der Waals surface area contributed by atoms with Crippen LogP contribution in [0, 0.1) is 10.1 Å². The van der Waals surface area contributed by atoms with Crippen molar-refractivity contribution in [3.8, 4) is 0 Å². The molecule has 1 aliphatic heterocycles. The predicted molar refractivity (Wildman–Crippen MR) is 98.5 cm³/mol. The number of ether oxygens (including phenoxy) is 1. The summed E-state index contributed by atoms with van der Waals surface area (Å²) in [5, 5.41) is 11.2. The number of hydrogen-bond donors (Lipinski definition) is 0. The van der Waals surface area contributed by atoms with Crippen molar-refractivity contribution in [2.45, 2.75) is 17.7 Å². The van der Waals surface area contributed by atoms with E-state index in [-0.39, 0.29) is 11.4 Å². The second-order valence-electron chi connectivity index (χ2n) is 6.01. The fourth-order valence-corrected chi connectivity index (χ4v) is 4.43. The van der Waals surface area contributed by atoms with Crippen LogP contribution >= 0.6 is 0 Å². The van der Waals surface area contributed by atoms with Crippen LogP contribution in [0.5, 0.6) is 0 Å². The molecule has 0 bridgehead atoms. The van der Waals surface area contributed by atoms with Gasteiger partial charge >= 0.3 is 0 Å². The molecule has 0 N–H and O–H groups in total. The van der Waals surface area contributed by atoms with Crippen molar-refractivity contribution in [2.24, 2.45) is 0 Å². The van der Waals surface area contributed by atoms with Crippen LogP contribution in [-0.4, -0.2) is 68.5 Å². The second-order valence-corrected chi connectivity index (χ2v) is 7.92. The largest absolute Gasteiger partial charge is 0.379 e. The first-order valence-corrected chi connectivity index (χ1v) is 10.1. The summed E-state index contributed by atoms with van der Waals surface area (Å²) in [4.78, 5) is 12.5. The molecule has 0 unspecified atom stereocenters. The molecule has 9 heteroatoms. The van der Waals surface area contributed by atoms with E-state index in [1.807, 2.05) is 0 Å². The maximum atomic E-state index is 13.1. The highest BCUT2D eigenvalue weighted by Crippen LogP contribution is 2.26. The van der Waals surface area contributed by atoms with Crippen LogP contribution in [0.4, 0.5) is 5.69 Å². The quantitative estimate of drug-likeness (QED) is 0.265. The van der Waals surface area contributed by atoms with Gasteiger partial charge in [-0.3, -0.25) is 15.0 Å². The summed E-state index contributed by atoms with van der Waals surface area (Å²) in [6.07, 6.45) is 3.03. The minimum atomic E-state index is -3.96. The number of nitro benzene ring substituents is 1. The van der Waals surface area contributed by atoms with Gasteiger partial charge in [0.25, 0.3) is 5.69 Å². The van der Waals surface area contributed by atoms with Crippen LogP contribution in [0.15, 0.2) is 41.8 Å². The number of unbranched alkanes of at least 4 members (excludes halogenated alkanes) is 1. The zero-order valence-corrected chi connectivity index (χ0v) is 15.6. The Balaban J connectivity index is 2.21. The van der Waals surface area contributed by atoms with Gasteiger partial charge in [-0.1, -0.05) is 18.2 Å². The Labute approximate surface area is 154 Å². The Morgan fingerprint density at radius 1 is 1.27 bits per heavy atom. The smallest absolute Gasteiger partial charge is 0.289 e. The fraction of sp³-hybridized carbons (Fsp3) is 0.529. The van der Waals surface area contributed by atoms with Gasteiger partial charge in [0.15, 0.2) is 4.90 Å². The lowest BCUT2D eigenvalue weighted by atomic mass is 10.3. The minimum absolute atomic E-state index is 0.259. The van der Waals surface area contributed by atoms with E-state index in [1.165, 1.54) is 28.6 Å². The summed E-state index contributed by atoms with van der Waals surface area (Å²) in [6, 6.07) is 5.48. The summed E-state index contributed by atoms with van der Waals surface area (Å²) < 4.78 is 32.8. The Morgan fingerprint density at radius 2 is 1.96 bits per heavy atom. The third-order valence-electron chi connectivity index (χ3n) is 4.26. The van der Waals surface area contributed by atoms with E-state index < -0.39 is 20.6 Å². The van der Waals surface area contributed by atoms with Gasteiger partial charge in [0.2, 0.25) is 10.0 Å². The summed E-state index contributed by atoms with van der Waals surface area (Å²) in [6.45, 7) is 7.58. The van der Waals surface area contributed by atoms with E-state index in [1.54, 1.807) is 6.08 Å². The van der Waals surface area contributed by atoms with E-state index >= 15 is 0 Å². The van der Waals surface area contributed by atoms with Crippen LogP contribution in [0.1, 0.15) is 12.8 Å². The van der Waals surface area contributed by atoms with Gasteiger partial charge in [-0.2, -0.15) is 4.31 Å². The van der Waals surface area contributed by atoms with Crippen molar-refractivity contribution < 1.29 is 18.1 Å². The summed E-state index contributed by atoms with van der Waals surface area (Å²) in [7, 11) is -3.96. The molecule has 0 radical (unpaired) electrons. The zero-order chi connectivity index (χ0) is 19.0. The number of benzene rings is 1. The van der Waals surface area contributed by atoms with Gasteiger partial charge in [0.05, 0.1) is 18.1 Å². The predicted octanol–water partition coefficient (Wildman–Crippen LogP) is 1.88. The first-order chi connectivity index (χ1) is 12.5. The van der Waals surface area contributed by atoms with E-state index in [0.29, 0.717) is 39.1 Å². The second kappa shape index (κ2) is 9.77. The number of morpholine rings is 1.